The predicted octanol–water partition coefficient (Wildman–Crippen LogP) is 5.04. The lowest BCUT2D eigenvalue weighted by molar-refractivity contribution is -0.135. The Morgan fingerprint density at radius 3 is 2.36 bits per heavy atom. The van der Waals surface area contributed by atoms with E-state index < -0.39 is 5.92 Å². The van der Waals surface area contributed by atoms with Crippen molar-refractivity contribution >= 4 is 28.8 Å². The number of nitrogens with zero attached hydrogens (tertiary/aromatic N) is 3. The van der Waals surface area contributed by atoms with Crippen LogP contribution < -0.4 is 9.64 Å². The van der Waals surface area contributed by atoms with Crippen LogP contribution in [0.3, 0.4) is 0 Å². The molecular weight excluding hydrogens is 470 g/mol. The van der Waals surface area contributed by atoms with E-state index in [1.807, 2.05) is 57.6 Å². The Hall–Kier alpha value is -3.32. The Labute approximate surface area is 217 Å². The van der Waals surface area contributed by atoms with Gasteiger partial charge in [-0.15, -0.1) is 11.3 Å². The number of carbonyl (C=O) groups excluding carboxylic acids is 2. The zero-order chi connectivity index (χ0) is 25.2. The molecule has 2 atom stereocenters. The minimum Gasteiger partial charge on any atom is -0.497 e. The van der Waals surface area contributed by atoms with E-state index in [0.29, 0.717) is 31.1 Å². The van der Waals surface area contributed by atoms with Gasteiger partial charge in [0, 0.05) is 48.9 Å². The molecule has 1 aromatic heterocycles. The van der Waals surface area contributed by atoms with Gasteiger partial charge in [0.2, 0.25) is 5.91 Å². The zero-order valence-electron chi connectivity index (χ0n) is 21.1. The highest BCUT2D eigenvalue weighted by Crippen LogP contribution is 2.45. The van der Waals surface area contributed by atoms with Crippen LogP contribution in [-0.2, 0) is 4.79 Å². The molecule has 0 saturated carbocycles. The van der Waals surface area contributed by atoms with Gasteiger partial charge < -0.3 is 19.4 Å². The van der Waals surface area contributed by atoms with Crippen molar-refractivity contribution in [3.05, 3.63) is 82.0 Å². The molecular formula is C29H33N3O3S. The first-order chi connectivity index (χ1) is 17.5. The monoisotopic (exact) mass is 503 g/mol. The van der Waals surface area contributed by atoms with E-state index in [-0.39, 0.29) is 17.9 Å². The number of anilines is 1. The molecule has 2 aliphatic heterocycles. The summed E-state index contributed by atoms with van der Waals surface area (Å²) in [5.41, 5.74) is 2.64. The van der Waals surface area contributed by atoms with Gasteiger partial charge in [0.25, 0.3) is 5.91 Å². The fraction of sp³-hybridized carbons (Fsp3) is 0.379. The number of benzene rings is 2. The minimum atomic E-state index is -0.413. The van der Waals surface area contributed by atoms with Crippen molar-refractivity contribution in [3.63, 3.8) is 0 Å². The Morgan fingerprint density at radius 2 is 1.72 bits per heavy atom. The average Bonchev–Trinajstić information content (AvgIpc) is 3.44. The van der Waals surface area contributed by atoms with E-state index in [1.165, 1.54) is 0 Å². The number of ether oxygens (including phenoxy) is 1. The molecule has 36 heavy (non-hydrogen) atoms. The molecule has 3 aromatic rings. The summed E-state index contributed by atoms with van der Waals surface area (Å²) in [5, 5.41) is 2.03. The molecule has 6 nitrogen and oxygen atoms in total. The highest BCUT2D eigenvalue weighted by atomic mass is 32.1. The maximum atomic E-state index is 14.2. The predicted molar refractivity (Wildman–Crippen MR) is 144 cm³/mol. The fourth-order valence-corrected chi connectivity index (χ4v) is 6.28. The molecule has 2 amide bonds. The number of piperazine rings is 1. The molecule has 0 aliphatic carbocycles. The van der Waals surface area contributed by atoms with Crippen LogP contribution in [0.15, 0.2) is 66.0 Å². The van der Waals surface area contributed by atoms with Crippen molar-refractivity contribution in [1.82, 2.24) is 9.80 Å². The van der Waals surface area contributed by atoms with Crippen molar-refractivity contribution in [1.29, 1.82) is 0 Å². The van der Waals surface area contributed by atoms with Gasteiger partial charge in [0.15, 0.2) is 0 Å². The van der Waals surface area contributed by atoms with Crippen molar-refractivity contribution in [2.45, 2.75) is 25.8 Å². The van der Waals surface area contributed by atoms with Gasteiger partial charge in [-0.2, -0.15) is 0 Å². The fourth-order valence-electron chi connectivity index (χ4n) is 5.40. The highest BCUT2D eigenvalue weighted by molar-refractivity contribution is 7.10. The van der Waals surface area contributed by atoms with Crippen molar-refractivity contribution in [3.8, 4) is 5.75 Å². The van der Waals surface area contributed by atoms with Crippen molar-refractivity contribution in [2.75, 3.05) is 44.7 Å². The smallest absolute Gasteiger partial charge is 0.254 e. The average molecular weight is 504 g/mol. The van der Waals surface area contributed by atoms with E-state index in [4.69, 9.17) is 4.74 Å². The Bertz CT molecular complexity index is 1200. The number of rotatable bonds is 6. The van der Waals surface area contributed by atoms with Crippen molar-refractivity contribution in [2.24, 2.45) is 5.92 Å². The van der Waals surface area contributed by atoms with Crippen LogP contribution in [0.4, 0.5) is 5.69 Å². The second-order valence-electron chi connectivity index (χ2n) is 9.89. The largest absolute Gasteiger partial charge is 0.497 e. The Kier molecular flexibility index (Phi) is 7.01. The van der Waals surface area contributed by atoms with Crippen LogP contribution in [0.1, 0.15) is 46.6 Å². The lowest BCUT2D eigenvalue weighted by Crippen LogP contribution is -2.53. The van der Waals surface area contributed by atoms with Crippen LogP contribution in [0.25, 0.3) is 0 Å². The summed E-state index contributed by atoms with van der Waals surface area (Å²) < 4.78 is 5.28. The van der Waals surface area contributed by atoms with Crippen LogP contribution in [0.2, 0.25) is 0 Å². The Balaban J connectivity index is 1.44. The summed E-state index contributed by atoms with van der Waals surface area (Å²) in [7, 11) is 1.67. The number of hydrogen-bond acceptors (Lipinski definition) is 5. The summed E-state index contributed by atoms with van der Waals surface area (Å²) in [4.78, 5) is 35.2. The van der Waals surface area contributed by atoms with Crippen LogP contribution in [0, 0.1) is 5.92 Å². The van der Waals surface area contributed by atoms with Gasteiger partial charge in [0.1, 0.15) is 5.75 Å². The summed E-state index contributed by atoms with van der Waals surface area (Å²) in [6.07, 6.45) is 0. The third-order valence-corrected chi connectivity index (χ3v) is 8.07. The lowest BCUT2D eigenvalue weighted by Gasteiger charge is -2.44. The van der Waals surface area contributed by atoms with E-state index in [0.717, 1.165) is 35.0 Å². The van der Waals surface area contributed by atoms with Crippen LogP contribution >= 0.6 is 11.3 Å². The molecule has 188 valence electrons. The number of methoxy groups -OCH3 is 1. The standard InChI is InChI=1S/C29H33N3O3S/c1-20(2)19-32-27(25-9-6-18-36-25)26(23-7-4-5-8-24(23)28(32)33)29(34)31-16-14-30(15-17-31)21-10-12-22(35-3)13-11-21/h4-13,18,20,26-27H,14-17,19H2,1-3H3. The molecule has 1 saturated heterocycles. The molecule has 0 N–H and O–H groups in total. The van der Waals surface area contributed by atoms with Gasteiger partial charge in [-0.1, -0.05) is 38.1 Å². The van der Waals surface area contributed by atoms with E-state index >= 15 is 0 Å². The molecule has 0 spiro atoms. The summed E-state index contributed by atoms with van der Waals surface area (Å²) in [6, 6.07) is 19.5. The van der Waals surface area contributed by atoms with Crippen LogP contribution in [-0.4, -0.2) is 61.4 Å². The van der Waals surface area contributed by atoms with E-state index in [1.54, 1.807) is 18.4 Å². The Morgan fingerprint density at radius 1 is 1.00 bits per heavy atom. The van der Waals surface area contributed by atoms with E-state index in [9.17, 15) is 9.59 Å². The first-order valence-corrected chi connectivity index (χ1v) is 13.5. The third-order valence-electron chi connectivity index (χ3n) is 7.13. The quantitative estimate of drug-likeness (QED) is 0.473. The maximum absolute atomic E-state index is 14.2. The number of fused-ring (bicyclic) bond motifs is 1. The van der Waals surface area contributed by atoms with Gasteiger partial charge in [0.05, 0.1) is 19.1 Å². The van der Waals surface area contributed by atoms with E-state index in [2.05, 4.69) is 36.9 Å². The lowest BCUT2D eigenvalue weighted by atomic mass is 9.80. The first kappa shape index (κ1) is 24.4. The third kappa shape index (κ3) is 4.60. The molecule has 2 aliphatic rings. The zero-order valence-corrected chi connectivity index (χ0v) is 21.9. The number of carbonyl (C=O) groups is 2. The highest BCUT2D eigenvalue weighted by Gasteiger charge is 2.46. The molecule has 0 bridgehead atoms. The minimum absolute atomic E-state index is 0.0195. The molecule has 1 fully saturated rings. The summed E-state index contributed by atoms with van der Waals surface area (Å²) in [6.45, 7) is 7.70. The normalized spacial score (nSPS) is 20.0. The maximum Gasteiger partial charge on any atom is 0.254 e. The SMILES string of the molecule is COc1ccc(N2CCN(C(=O)C3c4ccccc4C(=O)N(CC(C)C)C3c3cccs3)CC2)cc1. The molecule has 7 heteroatoms. The summed E-state index contributed by atoms with van der Waals surface area (Å²) >= 11 is 1.62. The van der Waals surface area contributed by atoms with Gasteiger partial charge in [-0.05, 0) is 53.3 Å². The second-order valence-corrected chi connectivity index (χ2v) is 10.9. The second kappa shape index (κ2) is 10.3. The molecule has 2 aromatic carbocycles. The number of thiophene rings is 1. The van der Waals surface area contributed by atoms with Gasteiger partial charge in [-0.3, -0.25) is 9.59 Å². The molecule has 0 radical (unpaired) electrons. The summed E-state index contributed by atoms with van der Waals surface area (Å²) in [5.74, 6) is 0.848. The molecule has 3 heterocycles. The molecule has 2 unspecified atom stereocenters. The molecule has 5 rings (SSSR count). The number of amides is 2. The van der Waals surface area contributed by atoms with Gasteiger partial charge in [-0.25, -0.2) is 0 Å². The topological polar surface area (TPSA) is 53.1 Å². The first-order valence-electron chi connectivity index (χ1n) is 12.6. The van der Waals surface area contributed by atoms with Gasteiger partial charge >= 0.3 is 0 Å². The van der Waals surface area contributed by atoms with Crippen molar-refractivity contribution < 1.29 is 14.3 Å². The number of hydrogen-bond donors (Lipinski definition) is 0. The van der Waals surface area contributed by atoms with Crippen LogP contribution in [0.5, 0.6) is 5.75 Å².